The molecule has 0 spiro atoms. The monoisotopic (exact) mass is 238 g/mol. The number of halogens is 1. The molecule has 2 nitrogen and oxygen atoms in total. The number of rotatable bonds is 5. The lowest BCUT2D eigenvalue weighted by Gasteiger charge is -2.15. The van der Waals surface area contributed by atoms with Crippen molar-refractivity contribution in [2.75, 3.05) is 7.11 Å². The van der Waals surface area contributed by atoms with Gasteiger partial charge in [-0.15, -0.1) is 0 Å². The molecule has 17 heavy (non-hydrogen) atoms. The lowest BCUT2D eigenvalue weighted by atomic mass is 9.92. The Bertz CT molecular complexity index is 388. The number of hydrogen-bond donors (Lipinski definition) is 0. The number of hydrogen-bond acceptors (Lipinski definition) is 2. The average molecular weight is 238 g/mol. The quantitative estimate of drug-likeness (QED) is 0.733. The Kier molecular flexibility index (Phi) is 5.13. The topological polar surface area (TPSA) is 26.3 Å². The van der Waals surface area contributed by atoms with Crippen molar-refractivity contribution in [3.8, 4) is 0 Å². The van der Waals surface area contributed by atoms with Crippen molar-refractivity contribution < 1.29 is 13.9 Å². The van der Waals surface area contributed by atoms with Gasteiger partial charge in [-0.1, -0.05) is 31.9 Å². The number of methoxy groups -OCH3 is 1. The van der Waals surface area contributed by atoms with E-state index in [0.717, 1.165) is 24.8 Å². The fraction of sp³-hybridized carbons (Fsp3) is 0.500. The third-order valence-corrected chi connectivity index (χ3v) is 2.92. The van der Waals surface area contributed by atoms with Gasteiger partial charge in [0.05, 0.1) is 13.0 Å². The van der Waals surface area contributed by atoms with E-state index in [-0.39, 0.29) is 17.7 Å². The van der Waals surface area contributed by atoms with Crippen LogP contribution in [0.25, 0.3) is 0 Å². The number of aryl methyl sites for hydroxylation is 1. The van der Waals surface area contributed by atoms with Gasteiger partial charge in [0.1, 0.15) is 5.82 Å². The highest BCUT2D eigenvalue weighted by Crippen LogP contribution is 2.25. The summed E-state index contributed by atoms with van der Waals surface area (Å²) in [7, 11) is 1.39. The highest BCUT2D eigenvalue weighted by atomic mass is 19.1. The van der Waals surface area contributed by atoms with Crippen LogP contribution in [0.15, 0.2) is 18.2 Å². The van der Waals surface area contributed by atoms with E-state index in [1.807, 2.05) is 0 Å². The van der Waals surface area contributed by atoms with Crippen molar-refractivity contribution >= 4 is 5.97 Å². The molecule has 94 valence electrons. The summed E-state index contributed by atoms with van der Waals surface area (Å²) in [5.74, 6) is -0.767. The highest BCUT2D eigenvalue weighted by molar-refractivity contribution is 5.78. The van der Waals surface area contributed by atoms with Crippen LogP contribution in [-0.2, 0) is 9.53 Å². The van der Waals surface area contributed by atoms with E-state index in [4.69, 9.17) is 4.74 Å². The van der Waals surface area contributed by atoms with Gasteiger partial charge in [-0.05, 0) is 30.5 Å². The van der Waals surface area contributed by atoms with E-state index < -0.39 is 0 Å². The van der Waals surface area contributed by atoms with Crippen LogP contribution in [0.1, 0.15) is 43.2 Å². The molecule has 0 aliphatic rings. The molecule has 0 bridgehead atoms. The first-order valence-electron chi connectivity index (χ1n) is 5.94. The fourth-order valence-electron chi connectivity index (χ4n) is 1.86. The molecule has 0 aromatic heterocycles. The lowest BCUT2D eigenvalue weighted by molar-refractivity contribution is -0.142. The molecule has 0 aliphatic heterocycles. The third-order valence-electron chi connectivity index (χ3n) is 2.92. The first kappa shape index (κ1) is 13.7. The Morgan fingerprint density at radius 1 is 1.47 bits per heavy atom. The summed E-state index contributed by atoms with van der Waals surface area (Å²) < 4.78 is 18.0. The number of unbranched alkanes of at least 4 members (excludes halogenated alkanes) is 1. The second-order valence-corrected chi connectivity index (χ2v) is 4.23. The van der Waals surface area contributed by atoms with Crippen molar-refractivity contribution in [2.45, 2.75) is 39.0 Å². The minimum Gasteiger partial charge on any atom is -0.469 e. The molecular formula is C14H19FO2. The molecule has 1 atom stereocenters. The molecule has 3 heteroatoms. The van der Waals surface area contributed by atoms with Crippen LogP contribution < -0.4 is 0 Å². The van der Waals surface area contributed by atoms with Gasteiger partial charge in [0.25, 0.3) is 0 Å². The average Bonchev–Trinajstić information content (AvgIpc) is 2.33. The Balaban J connectivity index is 2.95. The Morgan fingerprint density at radius 3 is 2.71 bits per heavy atom. The normalized spacial score (nSPS) is 12.2. The zero-order valence-electron chi connectivity index (χ0n) is 10.6. The summed E-state index contributed by atoms with van der Waals surface area (Å²) in [5, 5.41) is 0. The Hall–Kier alpha value is -1.38. The lowest BCUT2D eigenvalue weighted by Crippen LogP contribution is -2.14. The van der Waals surface area contributed by atoms with Gasteiger partial charge in [-0.25, -0.2) is 4.39 Å². The first-order valence-corrected chi connectivity index (χ1v) is 5.94. The molecule has 0 N–H and O–H groups in total. The molecule has 0 saturated heterocycles. The Labute approximate surface area is 102 Å². The SMILES string of the molecule is CCCCC(C(=O)OC)c1ccc(F)c(C)c1. The number of carbonyl (C=O) groups is 1. The van der Waals surface area contributed by atoms with E-state index in [9.17, 15) is 9.18 Å². The summed E-state index contributed by atoms with van der Waals surface area (Å²) >= 11 is 0. The van der Waals surface area contributed by atoms with Crippen molar-refractivity contribution in [1.82, 2.24) is 0 Å². The second-order valence-electron chi connectivity index (χ2n) is 4.23. The summed E-state index contributed by atoms with van der Waals surface area (Å²) in [6.07, 6.45) is 2.72. The maximum atomic E-state index is 13.2. The molecule has 1 aromatic carbocycles. The number of benzene rings is 1. The van der Waals surface area contributed by atoms with Gasteiger partial charge in [0, 0.05) is 0 Å². The van der Waals surface area contributed by atoms with Crippen molar-refractivity contribution in [1.29, 1.82) is 0 Å². The molecule has 0 aliphatic carbocycles. The summed E-state index contributed by atoms with van der Waals surface area (Å²) in [6.45, 7) is 3.78. The highest BCUT2D eigenvalue weighted by Gasteiger charge is 2.21. The molecule has 0 fully saturated rings. The van der Waals surface area contributed by atoms with Crippen LogP contribution in [-0.4, -0.2) is 13.1 Å². The summed E-state index contributed by atoms with van der Waals surface area (Å²) in [6, 6.07) is 4.80. The number of ether oxygens (including phenoxy) is 1. The van der Waals surface area contributed by atoms with Gasteiger partial charge >= 0.3 is 5.97 Å². The maximum Gasteiger partial charge on any atom is 0.313 e. The van der Waals surface area contributed by atoms with E-state index in [0.29, 0.717) is 5.56 Å². The van der Waals surface area contributed by atoms with Gasteiger partial charge in [-0.2, -0.15) is 0 Å². The fourth-order valence-corrected chi connectivity index (χ4v) is 1.86. The molecular weight excluding hydrogens is 219 g/mol. The number of carbonyl (C=O) groups excluding carboxylic acids is 1. The van der Waals surface area contributed by atoms with Crippen molar-refractivity contribution in [3.63, 3.8) is 0 Å². The molecule has 0 saturated carbocycles. The van der Waals surface area contributed by atoms with E-state index in [1.165, 1.54) is 13.2 Å². The standard InChI is InChI=1S/C14H19FO2/c1-4-5-6-12(14(16)17-3)11-7-8-13(15)10(2)9-11/h7-9,12H,4-6H2,1-3H3. The minimum atomic E-state index is -0.278. The molecule has 0 radical (unpaired) electrons. The third kappa shape index (κ3) is 3.55. The summed E-state index contributed by atoms with van der Waals surface area (Å²) in [5.41, 5.74) is 1.40. The van der Waals surface area contributed by atoms with Gasteiger partial charge in [0.15, 0.2) is 0 Å². The van der Waals surface area contributed by atoms with E-state index >= 15 is 0 Å². The molecule has 1 unspecified atom stereocenters. The molecule has 0 heterocycles. The largest absolute Gasteiger partial charge is 0.469 e. The predicted molar refractivity (Wildman–Crippen MR) is 65.4 cm³/mol. The van der Waals surface area contributed by atoms with Crippen LogP contribution in [0.4, 0.5) is 4.39 Å². The van der Waals surface area contributed by atoms with Gasteiger partial charge in [0.2, 0.25) is 0 Å². The zero-order valence-corrected chi connectivity index (χ0v) is 10.6. The zero-order chi connectivity index (χ0) is 12.8. The van der Waals surface area contributed by atoms with E-state index in [1.54, 1.807) is 19.1 Å². The second kappa shape index (κ2) is 6.38. The van der Waals surface area contributed by atoms with Crippen LogP contribution >= 0.6 is 0 Å². The van der Waals surface area contributed by atoms with E-state index in [2.05, 4.69) is 6.92 Å². The Morgan fingerprint density at radius 2 is 2.18 bits per heavy atom. The smallest absolute Gasteiger partial charge is 0.313 e. The van der Waals surface area contributed by atoms with Crippen molar-refractivity contribution in [3.05, 3.63) is 35.1 Å². The molecule has 1 aromatic rings. The molecule has 1 rings (SSSR count). The summed E-state index contributed by atoms with van der Waals surface area (Å²) in [4.78, 5) is 11.7. The van der Waals surface area contributed by atoms with Crippen LogP contribution in [0.2, 0.25) is 0 Å². The van der Waals surface area contributed by atoms with Crippen molar-refractivity contribution in [2.24, 2.45) is 0 Å². The number of esters is 1. The van der Waals surface area contributed by atoms with Gasteiger partial charge < -0.3 is 4.74 Å². The molecule has 0 amide bonds. The van der Waals surface area contributed by atoms with Crippen LogP contribution in [0.3, 0.4) is 0 Å². The van der Waals surface area contributed by atoms with Crippen LogP contribution in [0.5, 0.6) is 0 Å². The first-order chi connectivity index (χ1) is 8.10. The predicted octanol–water partition coefficient (Wildman–Crippen LogP) is 3.58. The van der Waals surface area contributed by atoms with Gasteiger partial charge in [-0.3, -0.25) is 4.79 Å². The minimum absolute atomic E-state index is 0.243. The maximum absolute atomic E-state index is 13.2. The van der Waals surface area contributed by atoms with Crippen LogP contribution in [0, 0.1) is 12.7 Å².